The van der Waals surface area contributed by atoms with E-state index in [0.29, 0.717) is 11.4 Å². The summed E-state index contributed by atoms with van der Waals surface area (Å²) in [6.07, 6.45) is 0. The van der Waals surface area contributed by atoms with Crippen LogP contribution < -0.4 is 10.5 Å². The van der Waals surface area contributed by atoms with Crippen LogP contribution in [0.1, 0.15) is 0 Å². The monoisotopic (exact) mass is 244 g/mol. The van der Waals surface area contributed by atoms with Crippen molar-refractivity contribution in [3.63, 3.8) is 0 Å². The molecular weight excluding hydrogens is 232 g/mol. The normalized spacial score (nSPS) is 10.8. The molecule has 0 fully saturated rings. The molecular formula is C9H12N2O4S. The van der Waals surface area contributed by atoms with Crippen molar-refractivity contribution < 1.29 is 17.9 Å². The van der Waals surface area contributed by atoms with E-state index >= 15 is 0 Å². The largest absolute Gasteiger partial charge is 0.468 e. The minimum absolute atomic E-state index is 0.345. The van der Waals surface area contributed by atoms with Crippen LogP contribution in [0.4, 0.5) is 11.4 Å². The number of esters is 1. The molecule has 3 N–H and O–H groups in total. The molecule has 16 heavy (non-hydrogen) atoms. The topological polar surface area (TPSA) is 98.5 Å². The lowest BCUT2D eigenvalue weighted by atomic mass is 10.3. The molecule has 1 rings (SSSR count). The first-order valence-corrected chi connectivity index (χ1v) is 6.01. The Labute approximate surface area is 93.5 Å². The molecule has 0 saturated carbocycles. The Hall–Kier alpha value is -1.76. The van der Waals surface area contributed by atoms with Gasteiger partial charge in [-0.2, -0.15) is 0 Å². The van der Waals surface area contributed by atoms with Crippen LogP contribution in [0, 0.1) is 0 Å². The van der Waals surface area contributed by atoms with Crippen molar-refractivity contribution in [1.82, 2.24) is 0 Å². The summed E-state index contributed by atoms with van der Waals surface area (Å²) in [5.74, 6) is -1.53. The highest BCUT2D eigenvalue weighted by molar-refractivity contribution is 7.93. The van der Waals surface area contributed by atoms with Crippen LogP contribution in [0.3, 0.4) is 0 Å². The Kier molecular flexibility index (Phi) is 3.73. The number of hydrogen-bond acceptors (Lipinski definition) is 5. The molecule has 0 atom stereocenters. The number of hydrogen-bond donors (Lipinski definition) is 2. The number of nitrogen functional groups attached to an aromatic ring is 1. The summed E-state index contributed by atoms with van der Waals surface area (Å²) in [6.45, 7) is 0. The molecule has 7 heteroatoms. The third kappa shape index (κ3) is 3.77. The lowest BCUT2D eigenvalue weighted by Gasteiger charge is -2.06. The van der Waals surface area contributed by atoms with E-state index in [1.165, 1.54) is 12.1 Å². The fraction of sp³-hybridized carbons (Fsp3) is 0.222. The molecule has 0 aliphatic rings. The average Bonchev–Trinajstić information content (AvgIpc) is 2.20. The zero-order valence-corrected chi connectivity index (χ0v) is 9.45. The van der Waals surface area contributed by atoms with Gasteiger partial charge in [-0.25, -0.2) is 8.42 Å². The van der Waals surface area contributed by atoms with Gasteiger partial charge in [-0.05, 0) is 24.3 Å². The van der Waals surface area contributed by atoms with E-state index in [9.17, 15) is 13.2 Å². The van der Waals surface area contributed by atoms with Gasteiger partial charge in [0.15, 0.2) is 5.75 Å². The maximum absolute atomic E-state index is 11.4. The Balaban J connectivity index is 2.73. The van der Waals surface area contributed by atoms with Gasteiger partial charge in [0, 0.05) is 11.4 Å². The Morgan fingerprint density at radius 3 is 2.44 bits per heavy atom. The van der Waals surface area contributed by atoms with Crippen LogP contribution in [0.25, 0.3) is 0 Å². The minimum Gasteiger partial charge on any atom is -0.468 e. The molecule has 0 amide bonds. The molecule has 0 spiro atoms. The van der Waals surface area contributed by atoms with Crippen molar-refractivity contribution in [1.29, 1.82) is 0 Å². The van der Waals surface area contributed by atoms with Crippen LogP contribution in [0.15, 0.2) is 24.3 Å². The van der Waals surface area contributed by atoms with E-state index in [-0.39, 0.29) is 0 Å². The molecule has 0 aliphatic heterocycles. The summed E-state index contributed by atoms with van der Waals surface area (Å²) in [6, 6.07) is 6.11. The molecule has 0 heterocycles. The number of benzene rings is 1. The zero-order valence-electron chi connectivity index (χ0n) is 8.64. The summed E-state index contributed by atoms with van der Waals surface area (Å²) in [5.41, 5.74) is 6.31. The van der Waals surface area contributed by atoms with E-state index in [0.717, 1.165) is 7.11 Å². The number of anilines is 2. The maximum atomic E-state index is 11.4. The van der Waals surface area contributed by atoms with Gasteiger partial charge < -0.3 is 10.5 Å². The molecule has 6 nitrogen and oxygen atoms in total. The first-order valence-electron chi connectivity index (χ1n) is 4.36. The first-order chi connectivity index (χ1) is 7.43. The molecule has 0 unspecified atom stereocenters. The standard InChI is InChI=1S/C9H12N2O4S/c1-15-9(12)6-16(13,14)11-8-4-2-7(10)3-5-8/h2-5,11H,6,10H2,1H3. The van der Waals surface area contributed by atoms with Gasteiger partial charge in [-0.15, -0.1) is 0 Å². The fourth-order valence-corrected chi connectivity index (χ4v) is 1.98. The molecule has 0 aromatic heterocycles. The predicted molar refractivity (Wildman–Crippen MR) is 60.3 cm³/mol. The third-order valence-corrected chi connectivity index (χ3v) is 2.88. The van der Waals surface area contributed by atoms with Gasteiger partial charge in [0.1, 0.15) is 0 Å². The van der Waals surface area contributed by atoms with Crippen molar-refractivity contribution in [3.8, 4) is 0 Å². The minimum atomic E-state index is -3.72. The van der Waals surface area contributed by atoms with Gasteiger partial charge in [-0.1, -0.05) is 0 Å². The van der Waals surface area contributed by atoms with Crippen molar-refractivity contribution in [2.75, 3.05) is 23.3 Å². The molecule has 0 aliphatic carbocycles. The number of nitrogens with two attached hydrogens (primary N) is 1. The van der Waals surface area contributed by atoms with Gasteiger partial charge in [0.25, 0.3) is 0 Å². The Morgan fingerprint density at radius 2 is 1.94 bits per heavy atom. The molecule has 0 saturated heterocycles. The number of rotatable bonds is 4. The second-order valence-electron chi connectivity index (χ2n) is 3.06. The second kappa shape index (κ2) is 4.84. The second-order valence-corrected chi connectivity index (χ2v) is 4.78. The van der Waals surface area contributed by atoms with E-state index < -0.39 is 21.7 Å². The number of sulfonamides is 1. The molecule has 88 valence electrons. The number of nitrogens with one attached hydrogen (secondary N) is 1. The van der Waals surface area contributed by atoms with E-state index in [1.807, 2.05) is 0 Å². The molecule has 1 aromatic rings. The van der Waals surface area contributed by atoms with Crippen molar-refractivity contribution in [2.45, 2.75) is 0 Å². The zero-order chi connectivity index (χ0) is 12.2. The summed E-state index contributed by atoms with van der Waals surface area (Å²) in [5, 5.41) is 0. The van der Waals surface area contributed by atoms with Crippen molar-refractivity contribution in [2.24, 2.45) is 0 Å². The summed E-state index contributed by atoms with van der Waals surface area (Å²) in [4.78, 5) is 10.8. The predicted octanol–water partition coefficient (Wildman–Crippen LogP) is 0.183. The van der Waals surface area contributed by atoms with Crippen LogP contribution in [0.5, 0.6) is 0 Å². The lowest BCUT2D eigenvalue weighted by molar-refractivity contribution is -0.137. The van der Waals surface area contributed by atoms with Crippen LogP contribution in [-0.2, 0) is 19.6 Å². The lowest BCUT2D eigenvalue weighted by Crippen LogP contribution is -2.23. The van der Waals surface area contributed by atoms with Gasteiger partial charge >= 0.3 is 5.97 Å². The first kappa shape index (κ1) is 12.3. The summed E-state index contributed by atoms with van der Waals surface area (Å²) < 4.78 is 29.3. The number of ether oxygens (including phenoxy) is 1. The van der Waals surface area contributed by atoms with Gasteiger partial charge in [0.2, 0.25) is 10.0 Å². The highest BCUT2D eigenvalue weighted by atomic mass is 32.2. The fourth-order valence-electron chi connectivity index (χ4n) is 0.981. The van der Waals surface area contributed by atoms with Crippen LogP contribution >= 0.6 is 0 Å². The van der Waals surface area contributed by atoms with Crippen LogP contribution in [0.2, 0.25) is 0 Å². The SMILES string of the molecule is COC(=O)CS(=O)(=O)Nc1ccc(N)cc1. The molecule has 0 radical (unpaired) electrons. The van der Waals surface area contributed by atoms with Gasteiger partial charge in [-0.3, -0.25) is 9.52 Å². The maximum Gasteiger partial charge on any atom is 0.322 e. The summed E-state index contributed by atoms with van der Waals surface area (Å²) in [7, 11) is -2.60. The van der Waals surface area contributed by atoms with Crippen molar-refractivity contribution in [3.05, 3.63) is 24.3 Å². The average molecular weight is 244 g/mol. The number of carbonyl (C=O) groups excluding carboxylic acids is 1. The molecule has 1 aromatic carbocycles. The highest BCUT2D eigenvalue weighted by Gasteiger charge is 2.16. The smallest absolute Gasteiger partial charge is 0.322 e. The van der Waals surface area contributed by atoms with E-state index in [4.69, 9.17) is 5.73 Å². The van der Waals surface area contributed by atoms with Crippen LogP contribution in [-0.4, -0.2) is 27.2 Å². The number of carbonyl (C=O) groups is 1. The highest BCUT2D eigenvalue weighted by Crippen LogP contribution is 2.12. The quantitative estimate of drug-likeness (QED) is 0.581. The third-order valence-electron chi connectivity index (χ3n) is 1.72. The Morgan fingerprint density at radius 1 is 1.38 bits per heavy atom. The van der Waals surface area contributed by atoms with E-state index in [1.54, 1.807) is 12.1 Å². The molecule has 0 bridgehead atoms. The number of methoxy groups -OCH3 is 1. The van der Waals surface area contributed by atoms with E-state index in [2.05, 4.69) is 9.46 Å². The van der Waals surface area contributed by atoms with Gasteiger partial charge in [0.05, 0.1) is 7.11 Å². The van der Waals surface area contributed by atoms with Crippen molar-refractivity contribution >= 4 is 27.4 Å². The summed E-state index contributed by atoms with van der Waals surface area (Å²) >= 11 is 0. The Bertz CT molecular complexity index is 467.